The van der Waals surface area contributed by atoms with E-state index in [-0.39, 0.29) is 43.5 Å². The zero-order valence-corrected chi connectivity index (χ0v) is 21.9. The second kappa shape index (κ2) is 15.6. The third kappa shape index (κ3) is 10.4. The molecule has 0 unspecified atom stereocenters. The Hall–Kier alpha value is -3.65. The fraction of sp³-hybridized carbons (Fsp3) is 0.433. The van der Waals surface area contributed by atoms with E-state index >= 15 is 0 Å². The molecule has 0 fully saturated rings. The minimum absolute atomic E-state index is 0.00849. The molecule has 0 spiro atoms. The van der Waals surface area contributed by atoms with Gasteiger partial charge in [0.25, 0.3) is 0 Å². The highest BCUT2D eigenvalue weighted by Gasteiger charge is 2.24. The van der Waals surface area contributed by atoms with Gasteiger partial charge in [-0.2, -0.15) is 0 Å². The first kappa shape index (κ1) is 28.9. The summed E-state index contributed by atoms with van der Waals surface area (Å²) in [7, 11) is 0. The monoisotopic (exact) mass is 522 g/mol. The number of esters is 1. The summed E-state index contributed by atoms with van der Waals surface area (Å²) in [5, 5.41) is 15.6. The van der Waals surface area contributed by atoms with Crippen molar-refractivity contribution < 1.29 is 29.0 Å². The van der Waals surface area contributed by atoms with Crippen molar-refractivity contribution in [3.63, 3.8) is 0 Å². The van der Waals surface area contributed by atoms with E-state index in [1.165, 1.54) is 0 Å². The van der Waals surface area contributed by atoms with E-state index in [9.17, 15) is 19.5 Å². The third-order valence-corrected chi connectivity index (χ3v) is 6.26. The van der Waals surface area contributed by atoms with Crippen LogP contribution < -0.4 is 15.4 Å². The highest BCUT2D eigenvalue weighted by Crippen LogP contribution is 2.16. The number of amides is 2. The van der Waals surface area contributed by atoms with Gasteiger partial charge >= 0.3 is 5.97 Å². The molecule has 3 atom stereocenters. The maximum absolute atomic E-state index is 12.8. The van der Waals surface area contributed by atoms with Gasteiger partial charge in [-0.05, 0) is 55.9 Å². The highest BCUT2D eigenvalue weighted by atomic mass is 16.5. The molecule has 3 N–H and O–H groups in total. The summed E-state index contributed by atoms with van der Waals surface area (Å²) in [5.74, 6) is -0.670. The number of rotatable bonds is 9. The van der Waals surface area contributed by atoms with Gasteiger partial charge in [0.1, 0.15) is 19.0 Å². The van der Waals surface area contributed by atoms with Gasteiger partial charge in [0, 0.05) is 12.8 Å². The fourth-order valence-corrected chi connectivity index (χ4v) is 4.14. The number of ether oxygens (including phenoxy) is 2. The lowest BCUT2D eigenvalue weighted by Gasteiger charge is -2.21. The number of allylic oxidation sites excluding steroid dienone is 2. The van der Waals surface area contributed by atoms with Crippen LogP contribution in [0.1, 0.15) is 50.2 Å². The number of hydrogen-bond donors (Lipinski definition) is 3. The number of aliphatic hydroxyl groups is 1. The molecule has 0 saturated heterocycles. The van der Waals surface area contributed by atoms with Crippen molar-refractivity contribution in [1.82, 2.24) is 10.6 Å². The van der Waals surface area contributed by atoms with Crippen molar-refractivity contribution in [3.8, 4) is 5.75 Å². The van der Waals surface area contributed by atoms with Crippen molar-refractivity contribution in [3.05, 3.63) is 77.9 Å². The molecule has 204 valence electrons. The van der Waals surface area contributed by atoms with E-state index in [0.717, 1.165) is 16.9 Å². The molecule has 0 aliphatic carbocycles. The normalized spacial score (nSPS) is 19.6. The maximum atomic E-state index is 12.8. The van der Waals surface area contributed by atoms with Crippen LogP contribution in [0.15, 0.2) is 66.7 Å². The van der Waals surface area contributed by atoms with Crippen molar-refractivity contribution >= 4 is 17.8 Å². The number of cyclic esters (lactones) is 1. The molecule has 0 bridgehead atoms. The van der Waals surface area contributed by atoms with Gasteiger partial charge in [-0.15, -0.1) is 0 Å². The largest absolute Gasteiger partial charge is 0.489 e. The Morgan fingerprint density at radius 1 is 1.11 bits per heavy atom. The van der Waals surface area contributed by atoms with E-state index in [1.54, 1.807) is 6.92 Å². The molecule has 2 amide bonds. The van der Waals surface area contributed by atoms with Gasteiger partial charge < -0.3 is 25.2 Å². The molecule has 1 aliphatic heterocycles. The number of nitrogens with one attached hydrogen (secondary N) is 2. The Morgan fingerprint density at radius 3 is 2.61 bits per heavy atom. The average Bonchev–Trinajstić information content (AvgIpc) is 2.93. The van der Waals surface area contributed by atoms with Crippen LogP contribution in [0.25, 0.3) is 0 Å². The van der Waals surface area contributed by atoms with E-state index in [2.05, 4.69) is 10.6 Å². The molecule has 1 aliphatic rings. The van der Waals surface area contributed by atoms with Crippen LogP contribution in [-0.4, -0.2) is 48.2 Å². The Morgan fingerprint density at radius 2 is 1.87 bits per heavy atom. The molecule has 1 heterocycles. The molecule has 8 nitrogen and oxygen atoms in total. The first-order valence-corrected chi connectivity index (χ1v) is 13.2. The smallest absolute Gasteiger partial charge is 0.305 e. The number of carbonyl (C=O) groups is 3. The van der Waals surface area contributed by atoms with Gasteiger partial charge in [-0.3, -0.25) is 14.4 Å². The molecule has 0 radical (unpaired) electrons. The molecule has 8 heteroatoms. The van der Waals surface area contributed by atoms with E-state index in [1.807, 2.05) is 66.7 Å². The van der Waals surface area contributed by atoms with Gasteiger partial charge in [0.15, 0.2) is 0 Å². The lowest BCUT2D eigenvalue weighted by molar-refractivity contribution is -0.145. The summed E-state index contributed by atoms with van der Waals surface area (Å²) < 4.78 is 11.0. The summed E-state index contributed by atoms with van der Waals surface area (Å²) in [6.45, 7) is 2.11. The summed E-state index contributed by atoms with van der Waals surface area (Å²) in [6.07, 6.45) is 6.37. The predicted molar refractivity (Wildman–Crippen MR) is 144 cm³/mol. The first-order chi connectivity index (χ1) is 18.4. The zero-order chi connectivity index (χ0) is 27.2. The summed E-state index contributed by atoms with van der Waals surface area (Å²) >= 11 is 0. The summed E-state index contributed by atoms with van der Waals surface area (Å²) in [4.78, 5) is 37.4. The van der Waals surface area contributed by atoms with Crippen LogP contribution in [0.2, 0.25) is 0 Å². The van der Waals surface area contributed by atoms with Gasteiger partial charge in [0.05, 0.1) is 24.6 Å². The quantitative estimate of drug-likeness (QED) is 0.343. The molecule has 2 aromatic carbocycles. The van der Waals surface area contributed by atoms with Crippen molar-refractivity contribution in [2.24, 2.45) is 5.92 Å². The van der Waals surface area contributed by atoms with Gasteiger partial charge in [0.2, 0.25) is 11.8 Å². The Bertz CT molecular complexity index is 1050. The molecule has 0 aromatic heterocycles. The van der Waals surface area contributed by atoms with Crippen molar-refractivity contribution in [1.29, 1.82) is 0 Å². The van der Waals surface area contributed by atoms with Gasteiger partial charge in [-0.25, -0.2) is 0 Å². The van der Waals surface area contributed by atoms with E-state index in [4.69, 9.17) is 9.47 Å². The maximum Gasteiger partial charge on any atom is 0.305 e. The molecule has 0 saturated carbocycles. The number of hydrogen-bond acceptors (Lipinski definition) is 6. The molecule has 3 rings (SSSR count). The van der Waals surface area contributed by atoms with Crippen molar-refractivity contribution in [2.45, 2.75) is 64.1 Å². The highest BCUT2D eigenvalue weighted by molar-refractivity contribution is 5.86. The molecular weight excluding hydrogens is 484 g/mol. The van der Waals surface area contributed by atoms with Crippen LogP contribution in [0.5, 0.6) is 5.75 Å². The summed E-state index contributed by atoms with van der Waals surface area (Å²) in [5.41, 5.74) is 2.03. The second-order valence-electron chi connectivity index (χ2n) is 9.66. The van der Waals surface area contributed by atoms with E-state index in [0.29, 0.717) is 38.7 Å². The topological polar surface area (TPSA) is 114 Å². The number of carbonyl (C=O) groups excluding carboxylic acids is 3. The van der Waals surface area contributed by atoms with Crippen LogP contribution >= 0.6 is 0 Å². The minimum atomic E-state index is -0.564. The molecular formula is C30H38N2O6. The second-order valence-corrected chi connectivity index (χ2v) is 9.66. The molecule has 2 aromatic rings. The number of benzene rings is 2. The van der Waals surface area contributed by atoms with Crippen LogP contribution in [0.3, 0.4) is 0 Å². The fourth-order valence-electron chi connectivity index (χ4n) is 4.14. The minimum Gasteiger partial charge on any atom is -0.489 e. The summed E-state index contributed by atoms with van der Waals surface area (Å²) in [6, 6.07) is 16.6. The predicted octanol–water partition coefficient (Wildman–Crippen LogP) is 3.47. The van der Waals surface area contributed by atoms with Crippen LogP contribution in [0.4, 0.5) is 0 Å². The lowest BCUT2D eigenvalue weighted by Crippen LogP contribution is -2.44. The Balaban J connectivity index is 1.52. The van der Waals surface area contributed by atoms with Crippen LogP contribution in [-0.2, 0) is 32.1 Å². The van der Waals surface area contributed by atoms with Gasteiger partial charge in [-0.1, -0.05) is 54.6 Å². The van der Waals surface area contributed by atoms with E-state index < -0.39 is 12.0 Å². The van der Waals surface area contributed by atoms with Crippen LogP contribution in [0, 0.1) is 5.92 Å². The number of aliphatic hydroxyl groups excluding tert-OH is 1. The van der Waals surface area contributed by atoms with Crippen molar-refractivity contribution in [2.75, 3.05) is 13.2 Å². The first-order valence-electron chi connectivity index (χ1n) is 13.2. The SMILES string of the molecule is C[C@H]1COC(=O)CCCC=CC[C@H](CC(=O)N[C@H](CO)Cc2ccc(OCc3ccccc3)cc2)C(=O)N1. The third-order valence-electron chi connectivity index (χ3n) is 6.26. The Kier molecular flexibility index (Phi) is 11.8. The standard InChI is InChI=1S/C30H38N2O6/c1-22-20-38-29(35)12-8-3-2-7-11-25(30(36)31-22)18-28(34)32-26(19-33)17-23-13-15-27(16-14-23)37-21-24-9-5-4-6-10-24/h2,4-7,9-10,13-16,22,25-26,33H,3,8,11-12,17-21H2,1H3,(H,31,36)(H,32,34)/t22-,25+,26-/m0/s1. The lowest BCUT2D eigenvalue weighted by atomic mass is 9.98. The average molecular weight is 523 g/mol. The zero-order valence-electron chi connectivity index (χ0n) is 21.9. The molecule has 38 heavy (non-hydrogen) atoms. The Labute approximate surface area is 224 Å².